The predicted molar refractivity (Wildman–Crippen MR) is 104 cm³/mol. The van der Waals surface area contributed by atoms with Gasteiger partial charge in [0.1, 0.15) is 11.5 Å². The monoisotopic (exact) mass is 410 g/mol. The first-order valence-electron chi connectivity index (χ1n) is 8.35. The van der Waals surface area contributed by atoms with Gasteiger partial charge in [-0.3, -0.25) is 20.4 Å². The number of halogens is 2. The van der Waals surface area contributed by atoms with Gasteiger partial charge in [-0.25, -0.2) is 0 Å². The zero-order valence-corrected chi connectivity index (χ0v) is 16.4. The largest absolute Gasteiger partial charge is 0.494 e. The van der Waals surface area contributed by atoms with Crippen LogP contribution in [0.3, 0.4) is 0 Å². The zero-order valence-electron chi connectivity index (χ0n) is 14.9. The van der Waals surface area contributed by atoms with Crippen molar-refractivity contribution in [3.8, 4) is 11.5 Å². The lowest BCUT2D eigenvalue weighted by Gasteiger charge is -2.16. The summed E-state index contributed by atoms with van der Waals surface area (Å²) in [6.45, 7) is 4.09. The fraction of sp³-hybridized carbons (Fsp3) is 0.263. The third kappa shape index (κ3) is 6.34. The van der Waals surface area contributed by atoms with Crippen LogP contribution in [0, 0.1) is 0 Å². The van der Waals surface area contributed by atoms with Gasteiger partial charge < -0.3 is 9.47 Å². The van der Waals surface area contributed by atoms with Gasteiger partial charge in [-0.05, 0) is 49.7 Å². The molecule has 144 valence electrons. The molecular formula is C19H20Cl2N2O4. The van der Waals surface area contributed by atoms with Crippen LogP contribution in [0.5, 0.6) is 11.5 Å². The van der Waals surface area contributed by atoms with Crippen LogP contribution < -0.4 is 20.3 Å². The molecule has 0 saturated carbocycles. The molecule has 2 rings (SSSR count). The smallest absolute Gasteiger partial charge is 0.279 e. The van der Waals surface area contributed by atoms with Crippen molar-refractivity contribution in [3.63, 3.8) is 0 Å². The molecule has 2 amide bonds. The molecule has 0 heterocycles. The van der Waals surface area contributed by atoms with Crippen molar-refractivity contribution in [2.75, 3.05) is 6.61 Å². The second-order valence-corrected chi connectivity index (χ2v) is 6.50. The van der Waals surface area contributed by atoms with Crippen LogP contribution in [-0.2, 0) is 4.79 Å². The summed E-state index contributed by atoms with van der Waals surface area (Å²) in [5, 5.41) is 0.747. The molecule has 0 aliphatic carbocycles. The van der Waals surface area contributed by atoms with Crippen LogP contribution in [0.1, 0.15) is 30.6 Å². The molecule has 2 aromatic carbocycles. The number of benzene rings is 2. The fourth-order valence-corrected chi connectivity index (χ4v) is 2.51. The highest BCUT2D eigenvalue weighted by Gasteiger charge is 2.17. The molecule has 0 saturated heterocycles. The normalized spacial score (nSPS) is 11.4. The van der Waals surface area contributed by atoms with E-state index in [1.165, 1.54) is 13.0 Å². The number of carbonyl (C=O) groups excluding carboxylic acids is 2. The summed E-state index contributed by atoms with van der Waals surface area (Å²) in [6.07, 6.45) is -0.0228. The van der Waals surface area contributed by atoms with Crippen LogP contribution in [0.25, 0.3) is 0 Å². The number of hydrogen-bond acceptors (Lipinski definition) is 4. The number of nitrogens with one attached hydrogen (secondary N) is 2. The molecule has 0 fully saturated rings. The Bertz CT molecular complexity index is 814. The van der Waals surface area contributed by atoms with Crippen LogP contribution in [-0.4, -0.2) is 24.5 Å². The number of carbonyl (C=O) groups is 2. The lowest BCUT2D eigenvalue weighted by atomic mass is 10.2. The molecule has 1 atom stereocenters. The maximum absolute atomic E-state index is 12.2. The van der Waals surface area contributed by atoms with Gasteiger partial charge >= 0.3 is 0 Å². The van der Waals surface area contributed by atoms with Crippen molar-refractivity contribution in [1.29, 1.82) is 0 Å². The first-order chi connectivity index (χ1) is 12.9. The van der Waals surface area contributed by atoms with Gasteiger partial charge in [-0.2, -0.15) is 0 Å². The molecule has 0 bridgehead atoms. The average molecular weight is 411 g/mol. The summed E-state index contributed by atoms with van der Waals surface area (Å²) in [7, 11) is 0. The maximum atomic E-state index is 12.2. The summed E-state index contributed by atoms with van der Waals surface area (Å²) in [5.74, 6) is -0.101. The molecule has 6 nitrogen and oxygen atoms in total. The van der Waals surface area contributed by atoms with E-state index >= 15 is 0 Å². The van der Waals surface area contributed by atoms with E-state index in [4.69, 9.17) is 32.7 Å². The van der Waals surface area contributed by atoms with E-state index in [9.17, 15) is 9.59 Å². The SMILES string of the molecule is CCCOc1cccc(C(=O)NNC(=O)C(C)Oc2ccc(Cl)cc2Cl)c1. The van der Waals surface area contributed by atoms with Crippen LogP contribution in [0.15, 0.2) is 42.5 Å². The van der Waals surface area contributed by atoms with Crippen molar-refractivity contribution in [2.45, 2.75) is 26.4 Å². The molecule has 0 aromatic heterocycles. The Hall–Kier alpha value is -2.44. The van der Waals surface area contributed by atoms with Gasteiger partial charge in [0.25, 0.3) is 11.8 Å². The Morgan fingerprint density at radius 2 is 1.89 bits per heavy atom. The quantitative estimate of drug-likeness (QED) is 0.675. The highest BCUT2D eigenvalue weighted by Crippen LogP contribution is 2.28. The summed E-state index contributed by atoms with van der Waals surface area (Å²) in [6, 6.07) is 11.4. The highest BCUT2D eigenvalue weighted by atomic mass is 35.5. The second kappa shape index (κ2) is 10.0. The summed E-state index contributed by atoms with van der Waals surface area (Å²) < 4.78 is 11.0. The molecule has 0 aliphatic heterocycles. The molecule has 1 unspecified atom stereocenters. The maximum Gasteiger partial charge on any atom is 0.279 e. The number of ether oxygens (including phenoxy) is 2. The minimum atomic E-state index is -0.886. The third-order valence-electron chi connectivity index (χ3n) is 3.44. The molecule has 0 radical (unpaired) electrons. The summed E-state index contributed by atoms with van der Waals surface area (Å²) in [4.78, 5) is 24.3. The Labute approximate surface area is 167 Å². The molecule has 8 heteroatoms. The van der Waals surface area contributed by atoms with E-state index in [0.717, 1.165) is 6.42 Å². The predicted octanol–water partition coefficient (Wildman–Crippen LogP) is 4.01. The minimum Gasteiger partial charge on any atom is -0.494 e. The number of hydrogen-bond donors (Lipinski definition) is 2. The van der Waals surface area contributed by atoms with Gasteiger partial charge in [0, 0.05) is 10.6 Å². The number of rotatable bonds is 7. The van der Waals surface area contributed by atoms with E-state index in [2.05, 4.69) is 10.9 Å². The van der Waals surface area contributed by atoms with E-state index in [1.54, 1.807) is 36.4 Å². The Morgan fingerprint density at radius 1 is 1.11 bits per heavy atom. The summed E-state index contributed by atoms with van der Waals surface area (Å²) in [5.41, 5.74) is 5.02. The van der Waals surface area contributed by atoms with Gasteiger partial charge in [-0.1, -0.05) is 36.2 Å². The molecule has 0 aliphatic rings. The zero-order chi connectivity index (χ0) is 19.8. The summed E-state index contributed by atoms with van der Waals surface area (Å²) >= 11 is 11.8. The second-order valence-electron chi connectivity index (χ2n) is 5.65. The Balaban J connectivity index is 1.89. The van der Waals surface area contributed by atoms with E-state index in [0.29, 0.717) is 28.7 Å². The van der Waals surface area contributed by atoms with Crippen LogP contribution in [0.2, 0.25) is 10.0 Å². The number of hydrazine groups is 1. The van der Waals surface area contributed by atoms with E-state index < -0.39 is 17.9 Å². The van der Waals surface area contributed by atoms with Crippen molar-refractivity contribution in [2.24, 2.45) is 0 Å². The Kier molecular flexibility index (Phi) is 7.76. The molecule has 0 spiro atoms. The minimum absolute atomic E-state index is 0.287. The lowest BCUT2D eigenvalue weighted by molar-refractivity contribution is -0.128. The topological polar surface area (TPSA) is 76.7 Å². The van der Waals surface area contributed by atoms with Crippen molar-refractivity contribution < 1.29 is 19.1 Å². The van der Waals surface area contributed by atoms with Crippen molar-refractivity contribution in [3.05, 3.63) is 58.1 Å². The van der Waals surface area contributed by atoms with E-state index in [1.807, 2.05) is 6.92 Å². The first-order valence-corrected chi connectivity index (χ1v) is 9.11. The standard InChI is InChI=1S/C19H20Cl2N2O4/c1-3-9-26-15-6-4-5-13(10-15)19(25)23-22-18(24)12(2)27-17-8-7-14(20)11-16(17)21/h4-8,10-12H,3,9H2,1-2H3,(H,22,24)(H,23,25). The van der Waals surface area contributed by atoms with Crippen molar-refractivity contribution >= 4 is 35.0 Å². The fourth-order valence-electron chi connectivity index (χ4n) is 2.05. The van der Waals surface area contributed by atoms with Gasteiger partial charge in [0.2, 0.25) is 0 Å². The lowest BCUT2D eigenvalue weighted by Crippen LogP contribution is -2.47. The molecular weight excluding hydrogens is 391 g/mol. The molecule has 2 aromatic rings. The molecule has 27 heavy (non-hydrogen) atoms. The Morgan fingerprint density at radius 3 is 2.59 bits per heavy atom. The number of amides is 2. The van der Waals surface area contributed by atoms with Crippen molar-refractivity contribution in [1.82, 2.24) is 10.9 Å². The van der Waals surface area contributed by atoms with Gasteiger partial charge in [0.15, 0.2) is 6.10 Å². The van der Waals surface area contributed by atoms with E-state index in [-0.39, 0.29) is 5.02 Å². The van der Waals surface area contributed by atoms with Crippen LogP contribution >= 0.6 is 23.2 Å². The first kappa shape index (κ1) is 20.9. The highest BCUT2D eigenvalue weighted by molar-refractivity contribution is 6.35. The average Bonchev–Trinajstić information content (AvgIpc) is 2.66. The molecule has 2 N–H and O–H groups in total. The van der Waals surface area contributed by atoms with Gasteiger partial charge in [-0.15, -0.1) is 0 Å². The third-order valence-corrected chi connectivity index (χ3v) is 3.97. The van der Waals surface area contributed by atoms with Crippen LogP contribution in [0.4, 0.5) is 0 Å². The van der Waals surface area contributed by atoms with Gasteiger partial charge in [0.05, 0.1) is 11.6 Å².